The second kappa shape index (κ2) is 3.38. The molecule has 0 bridgehead atoms. The summed E-state index contributed by atoms with van der Waals surface area (Å²) < 4.78 is 0. The lowest BCUT2D eigenvalue weighted by molar-refractivity contribution is 0.473. The zero-order valence-electron chi connectivity index (χ0n) is 7.38. The molecule has 0 aliphatic rings. The molecule has 3 heteroatoms. The lowest BCUT2D eigenvalue weighted by Crippen LogP contribution is -1.82. The molecule has 2 N–H and O–H groups in total. The van der Waals surface area contributed by atoms with E-state index in [0.717, 1.165) is 5.56 Å². The molecule has 70 valence electrons. The third kappa shape index (κ3) is 1.52. The summed E-state index contributed by atoms with van der Waals surface area (Å²) in [6.45, 7) is 0. The summed E-state index contributed by atoms with van der Waals surface area (Å²) in [7, 11) is 0. The van der Waals surface area contributed by atoms with Gasteiger partial charge in [0, 0.05) is 11.8 Å². The number of phenolic OH excluding ortho intramolecular Hbond substituents is 1. The number of phenols is 1. The van der Waals surface area contributed by atoms with E-state index in [2.05, 4.69) is 4.98 Å². The van der Waals surface area contributed by atoms with Gasteiger partial charge in [-0.25, -0.2) is 0 Å². The smallest absolute Gasteiger partial charge is 0.141 e. The first-order chi connectivity index (χ1) is 6.77. The lowest BCUT2D eigenvalue weighted by atomic mass is 10.1. The number of hydrogen-bond donors (Lipinski definition) is 2. The summed E-state index contributed by atoms with van der Waals surface area (Å²) in [6, 6.07) is 9.77. The summed E-state index contributed by atoms with van der Waals surface area (Å²) in [5.41, 5.74) is 1.30. The fourth-order valence-electron chi connectivity index (χ4n) is 1.24. The molecule has 0 atom stereocenters. The van der Waals surface area contributed by atoms with Gasteiger partial charge in [0.1, 0.15) is 17.2 Å². The van der Waals surface area contributed by atoms with Crippen LogP contribution in [0.4, 0.5) is 0 Å². The first kappa shape index (κ1) is 8.56. The van der Waals surface area contributed by atoms with Crippen molar-refractivity contribution in [3.63, 3.8) is 0 Å². The molecule has 0 radical (unpaired) electrons. The van der Waals surface area contributed by atoms with Gasteiger partial charge in [-0.2, -0.15) is 0 Å². The van der Waals surface area contributed by atoms with E-state index in [4.69, 9.17) is 5.11 Å². The molecule has 14 heavy (non-hydrogen) atoms. The average molecular weight is 187 g/mol. The number of aromatic hydroxyl groups is 2. The maximum atomic E-state index is 9.51. The molecule has 1 heterocycles. The van der Waals surface area contributed by atoms with Crippen molar-refractivity contribution in [3.05, 3.63) is 42.6 Å². The van der Waals surface area contributed by atoms with Crippen LogP contribution in [0, 0.1) is 0 Å². The van der Waals surface area contributed by atoms with Crippen LogP contribution < -0.4 is 0 Å². The Morgan fingerprint density at radius 1 is 0.929 bits per heavy atom. The Morgan fingerprint density at radius 3 is 2.29 bits per heavy atom. The van der Waals surface area contributed by atoms with Crippen LogP contribution in [0.3, 0.4) is 0 Å². The van der Waals surface area contributed by atoms with Crippen molar-refractivity contribution in [2.75, 3.05) is 0 Å². The van der Waals surface area contributed by atoms with Gasteiger partial charge >= 0.3 is 0 Å². The minimum absolute atomic E-state index is 0.137. The van der Waals surface area contributed by atoms with Crippen LogP contribution in [0.25, 0.3) is 11.3 Å². The molecule has 0 saturated heterocycles. The van der Waals surface area contributed by atoms with E-state index in [9.17, 15) is 5.11 Å². The summed E-state index contributed by atoms with van der Waals surface area (Å²) in [5.74, 6) is 0.336. The highest BCUT2D eigenvalue weighted by Crippen LogP contribution is 2.26. The Kier molecular flexibility index (Phi) is 2.07. The van der Waals surface area contributed by atoms with Gasteiger partial charge in [-0.3, -0.25) is 4.98 Å². The topological polar surface area (TPSA) is 53.4 Å². The van der Waals surface area contributed by atoms with E-state index in [0.29, 0.717) is 5.69 Å². The minimum Gasteiger partial charge on any atom is -0.508 e. The number of benzene rings is 1. The Morgan fingerprint density at radius 2 is 1.64 bits per heavy atom. The quantitative estimate of drug-likeness (QED) is 0.719. The Balaban J connectivity index is 2.50. The van der Waals surface area contributed by atoms with Crippen LogP contribution in [0.15, 0.2) is 42.6 Å². The molecule has 0 aliphatic heterocycles. The van der Waals surface area contributed by atoms with Crippen LogP contribution in [-0.4, -0.2) is 15.2 Å². The van der Waals surface area contributed by atoms with Gasteiger partial charge in [0.2, 0.25) is 0 Å². The summed E-state index contributed by atoms with van der Waals surface area (Å²) in [6.07, 6.45) is 1.61. The van der Waals surface area contributed by atoms with Gasteiger partial charge in [0.15, 0.2) is 0 Å². The van der Waals surface area contributed by atoms with E-state index in [-0.39, 0.29) is 11.5 Å². The zero-order valence-corrected chi connectivity index (χ0v) is 7.38. The SMILES string of the molecule is Oc1ccc(-c2ncccc2O)cc1. The van der Waals surface area contributed by atoms with Crippen LogP contribution in [0.2, 0.25) is 0 Å². The molecule has 0 fully saturated rings. The first-order valence-corrected chi connectivity index (χ1v) is 4.21. The lowest BCUT2D eigenvalue weighted by Gasteiger charge is -2.02. The van der Waals surface area contributed by atoms with E-state index in [1.807, 2.05) is 0 Å². The van der Waals surface area contributed by atoms with Crippen LogP contribution in [0.5, 0.6) is 11.5 Å². The van der Waals surface area contributed by atoms with E-state index < -0.39 is 0 Å². The van der Waals surface area contributed by atoms with Crippen molar-refractivity contribution in [2.24, 2.45) is 0 Å². The molecule has 0 unspecified atom stereocenters. The molecule has 2 aromatic rings. The molecule has 0 aliphatic carbocycles. The molecule has 1 aromatic heterocycles. The second-order valence-electron chi connectivity index (χ2n) is 2.92. The van der Waals surface area contributed by atoms with Crippen molar-refractivity contribution in [3.8, 4) is 22.8 Å². The third-order valence-electron chi connectivity index (χ3n) is 1.93. The molecule has 1 aromatic carbocycles. The first-order valence-electron chi connectivity index (χ1n) is 4.21. The molecule has 3 nitrogen and oxygen atoms in total. The van der Waals surface area contributed by atoms with E-state index in [1.54, 1.807) is 42.6 Å². The number of aromatic nitrogens is 1. The van der Waals surface area contributed by atoms with Crippen molar-refractivity contribution in [1.29, 1.82) is 0 Å². The monoisotopic (exact) mass is 187 g/mol. The summed E-state index contributed by atoms with van der Waals surface area (Å²) in [4.78, 5) is 4.05. The van der Waals surface area contributed by atoms with Gasteiger partial charge in [0.05, 0.1) is 0 Å². The number of pyridine rings is 1. The molecule has 0 saturated carbocycles. The second-order valence-corrected chi connectivity index (χ2v) is 2.92. The molecular weight excluding hydrogens is 178 g/mol. The van der Waals surface area contributed by atoms with Crippen LogP contribution >= 0.6 is 0 Å². The summed E-state index contributed by atoms with van der Waals surface area (Å²) in [5, 5.41) is 18.6. The maximum absolute atomic E-state index is 9.51. The number of nitrogens with zero attached hydrogens (tertiary/aromatic N) is 1. The highest BCUT2D eigenvalue weighted by Gasteiger charge is 2.03. The zero-order chi connectivity index (χ0) is 9.97. The molecule has 0 spiro atoms. The van der Waals surface area contributed by atoms with Gasteiger partial charge in [-0.05, 0) is 36.4 Å². The summed E-state index contributed by atoms with van der Waals surface area (Å²) >= 11 is 0. The maximum Gasteiger partial charge on any atom is 0.141 e. The van der Waals surface area contributed by atoms with Gasteiger partial charge in [-0.1, -0.05) is 0 Å². The Bertz CT molecular complexity index is 437. The van der Waals surface area contributed by atoms with Gasteiger partial charge < -0.3 is 10.2 Å². The van der Waals surface area contributed by atoms with Gasteiger partial charge in [0.25, 0.3) is 0 Å². The Hall–Kier alpha value is -2.03. The fourth-order valence-corrected chi connectivity index (χ4v) is 1.24. The van der Waals surface area contributed by atoms with Crippen molar-refractivity contribution in [2.45, 2.75) is 0 Å². The van der Waals surface area contributed by atoms with Crippen molar-refractivity contribution in [1.82, 2.24) is 4.98 Å². The Labute approximate surface area is 81.3 Å². The number of hydrogen-bond acceptors (Lipinski definition) is 3. The molecular formula is C11H9NO2. The minimum atomic E-state index is 0.137. The highest BCUT2D eigenvalue weighted by molar-refractivity contribution is 5.65. The standard InChI is InChI=1S/C11H9NO2/c13-9-5-3-8(4-6-9)11-10(14)2-1-7-12-11/h1-7,13-14H. The molecule has 2 rings (SSSR count). The third-order valence-corrected chi connectivity index (χ3v) is 1.93. The fraction of sp³-hybridized carbons (Fsp3) is 0. The van der Waals surface area contributed by atoms with Gasteiger partial charge in [-0.15, -0.1) is 0 Å². The predicted molar refractivity (Wildman–Crippen MR) is 53.0 cm³/mol. The predicted octanol–water partition coefficient (Wildman–Crippen LogP) is 2.16. The molecule has 0 amide bonds. The highest BCUT2D eigenvalue weighted by atomic mass is 16.3. The van der Waals surface area contributed by atoms with E-state index >= 15 is 0 Å². The van der Waals surface area contributed by atoms with Crippen molar-refractivity contribution < 1.29 is 10.2 Å². The van der Waals surface area contributed by atoms with Crippen LogP contribution in [0.1, 0.15) is 0 Å². The number of rotatable bonds is 1. The van der Waals surface area contributed by atoms with Crippen molar-refractivity contribution >= 4 is 0 Å². The average Bonchev–Trinajstić information content (AvgIpc) is 2.20. The largest absolute Gasteiger partial charge is 0.508 e. The van der Waals surface area contributed by atoms with Crippen LogP contribution in [-0.2, 0) is 0 Å². The van der Waals surface area contributed by atoms with E-state index in [1.165, 1.54) is 0 Å². The normalized spacial score (nSPS) is 10.0.